The maximum Gasteiger partial charge on any atom is 0.329 e. The van der Waals surface area contributed by atoms with E-state index in [4.69, 9.17) is 16.3 Å². The fourth-order valence-corrected chi connectivity index (χ4v) is 8.27. The molecule has 2 N–H and O–H groups in total. The summed E-state index contributed by atoms with van der Waals surface area (Å²) in [6.45, 7) is 5.10. The van der Waals surface area contributed by atoms with E-state index in [1.165, 1.54) is 22.8 Å². The summed E-state index contributed by atoms with van der Waals surface area (Å²) in [5, 5.41) is 12.7. The third-order valence-electron chi connectivity index (χ3n) is 10.4. The minimum atomic E-state index is -1.37. The molecule has 2 aromatic carbocycles. The molecule has 0 saturated heterocycles. The van der Waals surface area contributed by atoms with Gasteiger partial charge in [-0.05, 0) is 110 Å². The summed E-state index contributed by atoms with van der Waals surface area (Å²) >= 11 is 5.80. The van der Waals surface area contributed by atoms with Gasteiger partial charge < -0.3 is 15.2 Å². The number of fused-ring (bicyclic) bond motifs is 3. The first kappa shape index (κ1) is 29.9. The van der Waals surface area contributed by atoms with Gasteiger partial charge in [-0.1, -0.05) is 49.7 Å². The van der Waals surface area contributed by atoms with Gasteiger partial charge in [-0.15, -0.1) is 0 Å². The molecule has 1 fully saturated rings. The van der Waals surface area contributed by atoms with Crippen molar-refractivity contribution in [1.29, 1.82) is 0 Å². The highest BCUT2D eigenvalue weighted by atomic mass is 35.5. The van der Waals surface area contributed by atoms with E-state index in [1.54, 1.807) is 0 Å². The van der Waals surface area contributed by atoms with Gasteiger partial charge in [-0.3, -0.25) is 4.98 Å². The highest BCUT2D eigenvalue weighted by Gasteiger charge is 2.54. The van der Waals surface area contributed by atoms with Crippen molar-refractivity contribution in [2.45, 2.75) is 88.5 Å². The van der Waals surface area contributed by atoms with E-state index < -0.39 is 28.2 Å². The monoisotopic (exact) mass is 608 g/mol. The lowest BCUT2D eigenvalue weighted by atomic mass is 9.59. The van der Waals surface area contributed by atoms with Crippen molar-refractivity contribution in [1.82, 2.24) is 4.98 Å². The molecular weight excluding hydrogens is 570 g/mol. The molecule has 3 atom stereocenters. The molecule has 0 bridgehead atoms. The van der Waals surface area contributed by atoms with Gasteiger partial charge in [0.2, 0.25) is 0 Å². The number of nitrogens with one attached hydrogen (secondary N) is 1. The number of carboxylic acid groups (broad SMARTS) is 1. The van der Waals surface area contributed by atoms with Crippen LogP contribution in [0.5, 0.6) is 5.75 Å². The topological polar surface area (TPSA) is 71.5 Å². The first-order chi connectivity index (χ1) is 20.6. The highest BCUT2D eigenvalue weighted by molar-refractivity contribution is 6.31. The van der Waals surface area contributed by atoms with Crippen molar-refractivity contribution in [3.63, 3.8) is 0 Å². The summed E-state index contributed by atoms with van der Waals surface area (Å²) in [5.41, 5.74) is 3.41. The summed E-state index contributed by atoms with van der Waals surface area (Å²) in [5.74, 6) is -0.863. The van der Waals surface area contributed by atoms with Crippen molar-refractivity contribution in [3.05, 3.63) is 87.7 Å². The summed E-state index contributed by atoms with van der Waals surface area (Å²) < 4.78 is 35.1. The summed E-state index contributed by atoms with van der Waals surface area (Å²) in [4.78, 5) is 17.3. The first-order valence-corrected chi connectivity index (χ1v) is 15.9. The molecule has 5 nitrogen and oxygen atoms in total. The molecular formula is C35H39ClF2N2O3. The third-order valence-corrected chi connectivity index (χ3v) is 10.7. The van der Waals surface area contributed by atoms with Crippen molar-refractivity contribution in [2.24, 2.45) is 11.8 Å². The maximum atomic E-state index is 14.8. The number of ether oxygens (including phenoxy) is 1. The Morgan fingerprint density at radius 1 is 1.16 bits per heavy atom. The van der Waals surface area contributed by atoms with E-state index in [9.17, 15) is 18.7 Å². The quantitative estimate of drug-likeness (QED) is 0.251. The van der Waals surface area contributed by atoms with Crippen LogP contribution in [0, 0.1) is 23.5 Å². The summed E-state index contributed by atoms with van der Waals surface area (Å²) in [6, 6.07) is 12.8. The van der Waals surface area contributed by atoms with Crippen molar-refractivity contribution in [3.8, 4) is 5.75 Å². The standard InChI is InChI=1S/C35H39ClF2N2O3/c1-21(20-43-29-12-17-39-27-9-5-6-22(2)30(27)29)18-24-19-23-7-3-4-8-25(23)34(24)13-15-35(16-14-34,33(41)42)40-28-11-10-26(37)31(36)32(28)38/h3-4,7-8,10-12,17,21-22,24,40H,5-6,9,13-16,18-20H2,1-2H3,(H,41,42)/t21-,22-,24+,34?,35?/m1/s1. The first-order valence-electron chi connectivity index (χ1n) is 15.5. The van der Waals surface area contributed by atoms with Gasteiger partial charge in [0.15, 0.2) is 5.82 Å². The minimum absolute atomic E-state index is 0.0912. The Balaban J connectivity index is 1.20. The van der Waals surface area contributed by atoms with Crippen LogP contribution in [0.3, 0.4) is 0 Å². The average molecular weight is 609 g/mol. The maximum absolute atomic E-state index is 14.8. The average Bonchev–Trinajstić information content (AvgIpc) is 3.29. The molecule has 1 aromatic heterocycles. The van der Waals surface area contributed by atoms with Gasteiger partial charge in [0.05, 0.1) is 12.3 Å². The zero-order valence-corrected chi connectivity index (χ0v) is 25.5. The van der Waals surface area contributed by atoms with Gasteiger partial charge in [0.25, 0.3) is 0 Å². The molecule has 0 unspecified atom stereocenters. The summed E-state index contributed by atoms with van der Waals surface area (Å²) in [6.07, 6.45) is 8.99. The number of anilines is 1. The van der Waals surface area contributed by atoms with Crippen LogP contribution in [-0.4, -0.2) is 28.2 Å². The van der Waals surface area contributed by atoms with E-state index in [2.05, 4.69) is 48.4 Å². The number of hydrogen-bond acceptors (Lipinski definition) is 4. The molecule has 6 rings (SSSR count). The van der Waals surface area contributed by atoms with Crippen LogP contribution in [0.1, 0.15) is 87.1 Å². The van der Waals surface area contributed by atoms with E-state index >= 15 is 0 Å². The van der Waals surface area contributed by atoms with E-state index in [-0.39, 0.29) is 11.1 Å². The van der Waals surface area contributed by atoms with Gasteiger partial charge in [0.1, 0.15) is 22.1 Å². The lowest BCUT2D eigenvalue weighted by Gasteiger charge is -2.47. The number of nitrogens with zero attached hydrogens (tertiary/aromatic N) is 1. The van der Waals surface area contributed by atoms with Crippen LogP contribution in [-0.2, 0) is 23.1 Å². The number of halogens is 3. The second kappa shape index (κ2) is 11.7. The lowest BCUT2D eigenvalue weighted by molar-refractivity contribution is -0.144. The fourth-order valence-electron chi connectivity index (χ4n) is 8.10. The molecule has 1 heterocycles. The Hall–Kier alpha value is -3.19. The zero-order chi connectivity index (χ0) is 30.4. The van der Waals surface area contributed by atoms with Gasteiger partial charge >= 0.3 is 5.97 Å². The van der Waals surface area contributed by atoms with Crippen LogP contribution in [0.4, 0.5) is 14.5 Å². The van der Waals surface area contributed by atoms with Gasteiger partial charge in [-0.25, -0.2) is 13.6 Å². The Morgan fingerprint density at radius 3 is 2.70 bits per heavy atom. The SMILES string of the molecule is C[C@@H](COc1ccnc2c1[C@H](C)CCC2)C[C@H]1Cc2ccccc2C12CCC(Nc1ccc(F)c(Cl)c1F)(C(=O)O)CC2. The third kappa shape index (κ3) is 5.39. The largest absolute Gasteiger partial charge is 0.493 e. The number of benzene rings is 2. The van der Waals surface area contributed by atoms with Crippen LogP contribution in [0.25, 0.3) is 0 Å². The molecule has 0 aliphatic heterocycles. The lowest BCUT2D eigenvalue weighted by Crippen LogP contribution is -2.53. The molecule has 0 amide bonds. The number of hydrogen-bond donors (Lipinski definition) is 2. The predicted molar refractivity (Wildman–Crippen MR) is 164 cm³/mol. The smallest absolute Gasteiger partial charge is 0.329 e. The number of carboxylic acids is 1. The molecule has 3 aromatic rings. The molecule has 8 heteroatoms. The van der Waals surface area contributed by atoms with Crippen LogP contribution in [0.2, 0.25) is 5.02 Å². The van der Waals surface area contributed by atoms with Crippen LogP contribution in [0.15, 0.2) is 48.7 Å². The Labute approximate surface area is 257 Å². The fraction of sp³-hybridized carbons (Fsp3) is 0.486. The summed E-state index contributed by atoms with van der Waals surface area (Å²) in [7, 11) is 0. The number of pyridine rings is 1. The van der Waals surface area contributed by atoms with Gasteiger partial charge in [0, 0.05) is 17.5 Å². The van der Waals surface area contributed by atoms with E-state index in [1.807, 2.05) is 12.3 Å². The Kier molecular flexibility index (Phi) is 8.14. The van der Waals surface area contributed by atoms with E-state index in [0.29, 0.717) is 50.0 Å². The normalized spacial score (nSPS) is 26.9. The Bertz CT molecular complexity index is 1520. The molecule has 0 radical (unpaired) electrons. The minimum Gasteiger partial charge on any atom is -0.493 e. The molecule has 228 valence electrons. The highest BCUT2D eigenvalue weighted by Crippen LogP contribution is 2.56. The molecule has 3 aliphatic rings. The molecule has 43 heavy (non-hydrogen) atoms. The van der Waals surface area contributed by atoms with Crippen LogP contribution < -0.4 is 10.1 Å². The number of aryl methyl sites for hydroxylation is 1. The van der Waals surface area contributed by atoms with Gasteiger partial charge in [-0.2, -0.15) is 0 Å². The van der Waals surface area contributed by atoms with E-state index in [0.717, 1.165) is 49.6 Å². The number of aromatic nitrogens is 1. The molecule has 3 aliphatic carbocycles. The molecule has 1 spiro atoms. The van der Waals surface area contributed by atoms with Crippen molar-refractivity contribution >= 4 is 23.3 Å². The Morgan fingerprint density at radius 2 is 1.93 bits per heavy atom. The van der Waals surface area contributed by atoms with Crippen LogP contribution >= 0.6 is 11.6 Å². The van der Waals surface area contributed by atoms with Crippen molar-refractivity contribution < 1.29 is 23.4 Å². The van der Waals surface area contributed by atoms with Crippen molar-refractivity contribution in [2.75, 3.05) is 11.9 Å². The predicted octanol–water partition coefficient (Wildman–Crippen LogP) is 8.48. The molecule has 1 saturated carbocycles. The number of carbonyl (C=O) groups is 1. The zero-order valence-electron chi connectivity index (χ0n) is 24.8. The number of aliphatic carboxylic acids is 1. The number of rotatable bonds is 8. The second-order valence-electron chi connectivity index (χ2n) is 13.1. The second-order valence-corrected chi connectivity index (χ2v) is 13.4.